The van der Waals surface area contributed by atoms with Crippen LogP contribution in [0, 0.1) is 23.1 Å². The first-order valence-electron chi connectivity index (χ1n) is 14.0. The summed E-state index contributed by atoms with van der Waals surface area (Å²) in [5, 5.41) is 17.8. The van der Waals surface area contributed by atoms with Crippen molar-refractivity contribution in [2.45, 2.75) is 24.8 Å². The van der Waals surface area contributed by atoms with Crippen molar-refractivity contribution in [2.24, 2.45) is 5.92 Å². The first kappa shape index (κ1) is 30.0. The minimum Gasteiger partial charge on any atom is -0.497 e. The van der Waals surface area contributed by atoms with Gasteiger partial charge >= 0.3 is 6.09 Å². The maximum Gasteiger partial charge on any atom is 0.410 e. The van der Waals surface area contributed by atoms with Gasteiger partial charge in [-0.05, 0) is 54.3 Å². The van der Waals surface area contributed by atoms with Crippen molar-refractivity contribution in [3.05, 3.63) is 82.3 Å². The number of aromatic nitrogens is 2. The number of benzene rings is 2. The third-order valence-electron chi connectivity index (χ3n) is 8.20. The Bertz CT molecular complexity index is 1500. The number of halogens is 2. The molecule has 0 N–H and O–H groups in total. The molecule has 224 valence electrons. The van der Waals surface area contributed by atoms with Gasteiger partial charge in [-0.25, -0.2) is 9.18 Å². The lowest BCUT2D eigenvalue weighted by Gasteiger charge is -2.37. The van der Waals surface area contributed by atoms with E-state index in [4.69, 9.17) is 26.3 Å². The Labute approximate surface area is 254 Å². The highest BCUT2D eigenvalue weighted by Gasteiger charge is 2.42. The summed E-state index contributed by atoms with van der Waals surface area (Å²) < 4.78 is 25.7. The fraction of sp³-hybridized carbons (Fsp3) is 0.387. The first-order valence-corrected chi connectivity index (χ1v) is 14.4. The van der Waals surface area contributed by atoms with Crippen LogP contribution < -0.4 is 9.64 Å². The van der Waals surface area contributed by atoms with Crippen LogP contribution in [-0.2, 0) is 9.53 Å². The predicted molar refractivity (Wildman–Crippen MR) is 157 cm³/mol. The van der Waals surface area contributed by atoms with E-state index in [-0.39, 0.29) is 24.2 Å². The van der Waals surface area contributed by atoms with Crippen LogP contribution in [0.3, 0.4) is 0 Å². The van der Waals surface area contributed by atoms with E-state index in [2.05, 4.69) is 10.2 Å². The summed E-state index contributed by atoms with van der Waals surface area (Å²) in [6, 6.07) is 17.0. The molecular formula is C31H32ClFN6O4. The molecule has 0 spiro atoms. The number of amides is 2. The van der Waals surface area contributed by atoms with Crippen LogP contribution in [0.4, 0.5) is 15.0 Å². The second-order valence-corrected chi connectivity index (χ2v) is 11.0. The molecule has 5 rings (SSSR count). The third kappa shape index (κ3) is 6.49. The van der Waals surface area contributed by atoms with Crippen LogP contribution in [-0.4, -0.2) is 78.9 Å². The van der Waals surface area contributed by atoms with E-state index in [1.807, 2.05) is 23.1 Å². The second-order valence-electron chi connectivity index (χ2n) is 10.6. The minimum atomic E-state index is -0.585. The van der Waals surface area contributed by atoms with Crippen LogP contribution >= 0.6 is 11.6 Å². The van der Waals surface area contributed by atoms with E-state index >= 15 is 4.39 Å². The molecule has 10 nitrogen and oxygen atoms in total. The average molecular weight is 607 g/mol. The molecule has 3 atom stereocenters. The molecule has 12 heteroatoms. The Morgan fingerprint density at radius 3 is 2.47 bits per heavy atom. The molecule has 2 saturated heterocycles. The van der Waals surface area contributed by atoms with Gasteiger partial charge in [0.2, 0.25) is 5.91 Å². The molecular weight excluding hydrogens is 575 g/mol. The van der Waals surface area contributed by atoms with E-state index in [1.165, 1.54) is 20.3 Å². The van der Waals surface area contributed by atoms with Crippen molar-refractivity contribution in [1.82, 2.24) is 20.0 Å². The number of hydrogen-bond acceptors (Lipinski definition) is 8. The van der Waals surface area contributed by atoms with Gasteiger partial charge in [-0.1, -0.05) is 29.8 Å². The summed E-state index contributed by atoms with van der Waals surface area (Å²) >= 11 is 6.09. The average Bonchev–Trinajstić information content (AvgIpc) is 3.46. The maximum atomic E-state index is 15.4. The number of ether oxygens (including phenoxy) is 2. The predicted octanol–water partition coefficient (Wildman–Crippen LogP) is 4.80. The highest BCUT2D eigenvalue weighted by atomic mass is 35.5. The Balaban J connectivity index is 1.40. The molecule has 3 heterocycles. The standard InChI is InChI=1S/C31H32ClFN6O4/c1-42-23-10-11-24(27(33)16-23)25-18-38(29-12-9-22(17-34)35-36-29)19-26(25)30(40)37-13-3-4-28(20-5-7-21(32)8-6-20)39(15-14-37)31(41)43-2/h5-12,16,25-26,28H,3-4,13-15,18-19H2,1-2H3/t25-,26+,28?/m0/s1. The second kappa shape index (κ2) is 13.3. The molecule has 43 heavy (non-hydrogen) atoms. The maximum absolute atomic E-state index is 15.4. The molecule has 1 aromatic heterocycles. The van der Waals surface area contributed by atoms with E-state index in [1.54, 1.807) is 46.2 Å². The van der Waals surface area contributed by atoms with Gasteiger partial charge in [0.1, 0.15) is 17.6 Å². The Morgan fingerprint density at radius 1 is 1.02 bits per heavy atom. The lowest BCUT2D eigenvalue weighted by Crippen LogP contribution is -2.47. The SMILES string of the molecule is COC(=O)N1CCN(C(=O)[C@@H]2CN(c3ccc(C#N)nn3)C[C@H]2c2ccc(OC)cc2F)CCCC1c1ccc(Cl)cc1. The normalized spacial score (nSPS) is 20.6. The zero-order valence-corrected chi connectivity index (χ0v) is 24.7. The lowest BCUT2D eigenvalue weighted by molar-refractivity contribution is -0.136. The summed E-state index contributed by atoms with van der Waals surface area (Å²) in [4.78, 5) is 32.4. The van der Waals surface area contributed by atoms with Gasteiger partial charge in [0.25, 0.3) is 0 Å². The minimum absolute atomic E-state index is 0.126. The Morgan fingerprint density at radius 2 is 1.81 bits per heavy atom. The van der Waals surface area contributed by atoms with Crippen molar-refractivity contribution < 1.29 is 23.5 Å². The lowest BCUT2D eigenvalue weighted by atomic mass is 9.87. The number of hydrogen-bond donors (Lipinski definition) is 0. The van der Waals surface area contributed by atoms with Crippen LogP contribution in [0.15, 0.2) is 54.6 Å². The van der Waals surface area contributed by atoms with Crippen molar-refractivity contribution in [3.63, 3.8) is 0 Å². The number of carbonyl (C=O) groups excluding carboxylic acids is 2. The molecule has 3 aromatic rings. The summed E-state index contributed by atoms with van der Waals surface area (Å²) in [6.45, 7) is 1.68. The molecule has 2 amide bonds. The van der Waals surface area contributed by atoms with Gasteiger partial charge in [-0.2, -0.15) is 5.26 Å². The van der Waals surface area contributed by atoms with Gasteiger partial charge in [0, 0.05) is 49.7 Å². The number of methoxy groups -OCH3 is 2. The van der Waals surface area contributed by atoms with Crippen LogP contribution in [0.25, 0.3) is 0 Å². The topological polar surface area (TPSA) is 112 Å². The van der Waals surface area contributed by atoms with Gasteiger partial charge in [0.05, 0.1) is 26.2 Å². The summed E-state index contributed by atoms with van der Waals surface area (Å²) in [7, 11) is 2.81. The summed E-state index contributed by atoms with van der Waals surface area (Å²) in [6.07, 6.45) is 0.791. The van der Waals surface area contributed by atoms with Crippen molar-refractivity contribution >= 4 is 29.4 Å². The number of carbonyl (C=O) groups is 2. The third-order valence-corrected chi connectivity index (χ3v) is 8.45. The van der Waals surface area contributed by atoms with Crippen LogP contribution in [0.5, 0.6) is 5.75 Å². The van der Waals surface area contributed by atoms with Gasteiger partial charge in [-0.15, -0.1) is 10.2 Å². The Kier molecular flexibility index (Phi) is 9.26. The molecule has 2 aliphatic heterocycles. The highest BCUT2D eigenvalue weighted by molar-refractivity contribution is 6.30. The van der Waals surface area contributed by atoms with Crippen molar-refractivity contribution in [1.29, 1.82) is 5.26 Å². The molecule has 2 fully saturated rings. The van der Waals surface area contributed by atoms with Gasteiger partial charge in [-0.3, -0.25) is 9.69 Å². The van der Waals surface area contributed by atoms with E-state index in [0.29, 0.717) is 61.2 Å². The van der Waals surface area contributed by atoms with Gasteiger partial charge < -0.3 is 19.3 Å². The molecule has 0 saturated carbocycles. The van der Waals surface area contributed by atoms with Gasteiger partial charge in [0.15, 0.2) is 11.5 Å². The molecule has 0 aliphatic carbocycles. The van der Waals surface area contributed by atoms with E-state index in [0.717, 1.165) is 5.56 Å². The number of nitrogens with zero attached hydrogens (tertiary/aromatic N) is 6. The van der Waals surface area contributed by atoms with E-state index in [9.17, 15) is 9.59 Å². The smallest absolute Gasteiger partial charge is 0.410 e. The van der Waals surface area contributed by atoms with E-state index < -0.39 is 23.7 Å². The fourth-order valence-corrected chi connectivity index (χ4v) is 6.12. The fourth-order valence-electron chi connectivity index (χ4n) is 5.99. The monoisotopic (exact) mass is 606 g/mol. The number of nitriles is 1. The summed E-state index contributed by atoms with van der Waals surface area (Å²) in [5.74, 6) is -0.745. The zero-order chi connectivity index (χ0) is 30.5. The van der Waals surface area contributed by atoms with Crippen molar-refractivity contribution in [2.75, 3.05) is 51.8 Å². The molecule has 1 unspecified atom stereocenters. The summed E-state index contributed by atoms with van der Waals surface area (Å²) in [5.41, 5.74) is 1.54. The zero-order valence-electron chi connectivity index (χ0n) is 24.0. The van der Waals surface area contributed by atoms with Crippen molar-refractivity contribution in [3.8, 4) is 11.8 Å². The highest BCUT2D eigenvalue weighted by Crippen LogP contribution is 2.38. The quantitative estimate of drug-likeness (QED) is 0.407. The molecule has 0 bridgehead atoms. The van der Waals surface area contributed by atoms with Crippen LogP contribution in [0.2, 0.25) is 5.02 Å². The molecule has 2 aromatic carbocycles. The Hall–Kier alpha value is -4.43. The number of rotatable bonds is 5. The molecule has 0 radical (unpaired) electrons. The number of anilines is 1. The van der Waals surface area contributed by atoms with Crippen LogP contribution in [0.1, 0.15) is 41.6 Å². The molecule has 2 aliphatic rings. The largest absolute Gasteiger partial charge is 0.497 e. The first-order chi connectivity index (χ1) is 20.8.